The maximum Gasteiger partial charge on any atom is 0.477 e. The number of aromatic hydroxyl groups is 1. The lowest BCUT2D eigenvalue weighted by Gasteiger charge is -2.13. The van der Waals surface area contributed by atoms with Gasteiger partial charge < -0.3 is 15.8 Å². The van der Waals surface area contributed by atoms with E-state index >= 15 is 0 Å². The zero-order chi connectivity index (χ0) is 18.1. The van der Waals surface area contributed by atoms with Crippen LogP contribution in [0.1, 0.15) is 24.5 Å². The molecule has 0 fully saturated rings. The number of alkyl halides is 3. The summed E-state index contributed by atoms with van der Waals surface area (Å²) in [4.78, 5) is 18.6. The number of aryl methyl sites for hydroxylation is 1. The third-order valence-electron chi connectivity index (χ3n) is 3.47. The number of aromatic amines is 1. The summed E-state index contributed by atoms with van der Waals surface area (Å²) in [7, 11) is 0. The molecule has 2 heterocycles. The molecule has 0 saturated carbocycles. The minimum Gasteiger partial charge on any atom is -0.503 e. The molecule has 128 valence electrons. The number of hydrogen-bond acceptors (Lipinski definition) is 4. The quantitative estimate of drug-likeness (QED) is 0.615. The average Bonchev–Trinajstić information content (AvgIpc) is 2.51. The number of aromatic nitrogens is 2. The number of nitrogens with one attached hydrogen (secondary N) is 1. The Kier molecular flexibility index (Phi) is 4.63. The zero-order valence-electron chi connectivity index (χ0n) is 12.7. The van der Waals surface area contributed by atoms with E-state index in [1.165, 1.54) is 12.3 Å². The Morgan fingerprint density at radius 1 is 1.46 bits per heavy atom. The van der Waals surface area contributed by atoms with Crippen molar-refractivity contribution < 1.29 is 23.7 Å². The Morgan fingerprint density at radius 3 is 2.71 bits per heavy atom. The van der Waals surface area contributed by atoms with E-state index in [0.717, 1.165) is 6.42 Å². The van der Waals surface area contributed by atoms with Crippen molar-refractivity contribution in [3.8, 4) is 17.0 Å². The molecule has 6 N–H and O–H groups in total. The minimum absolute atomic E-state index is 0.0675. The summed E-state index contributed by atoms with van der Waals surface area (Å²) in [6, 6.07) is 1.53. The number of nitrogens with two attached hydrogens (primary N) is 2. The van der Waals surface area contributed by atoms with Gasteiger partial charge >= 0.3 is 6.18 Å². The first-order valence-electron chi connectivity index (χ1n) is 7.06. The summed E-state index contributed by atoms with van der Waals surface area (Å²) < 4.78 is 38.3. The van der Waals surface area contributed by atoms with Crippen LogP contribution in [-0.4, -0.2) is 27.0 Å². The fourth-order valence-electron chi connectivity index (χ4n) is 2.35. The van der Waals surface area contributed by atoms with Gasteiger partial charge in [-0.3, -0.25) is 9.78 Å². The maximum absolute atomic E-state index is 12.8. The first-order chi connectivity index (χ1) is 11.2. The summed E-state index contributed by atoms with van der Waals surface area (Å²) in [6.45, 7) is 1.93. The first-order valence-corrected chi connectivity index (χ1v) is 7.06. The minimum atomic E-state index is -4.95. The van der Waals surface area contributed by atoms with Crippen LogP contribution in [0.15, 0.2) is 23.3 Å². The van der Waals surface area contributed by atoms with Crippen LogP contribution < -0.4 is 16.6 Å². The van der Waals surface area contributed by atoms with Gasteiger partial charge in [-0.2, -0.15) is 13.2 Å². The lowest BCUT2D eigenvalue weighted by molar-refractivity contribution is -0.166. The molecule has 2 aromatic rings. The SMILES string of the molecule is CCCc1cnccc1-c1[nH]c(N)c(C(=[NH2+])C(F)(F)F)c(=O)c1O. The summed E-state index contributed by atoms with van der Waals surface area (Å²) in [5.74, 6) is -1.45. The second kappa shape index (κ2) is 6.34. The third-order valence-corrected chi connectivity index (χ3v) is 3.47. The Hall–Kier alpha value is -2.84. The van der Waals surface area contributed by atoms with Crippen LogP contribution in [0.25, 0.3) is 11.3 Å². The van der Waals surface area contributed by atoms with Crippen molar-refractivity contribution in [1.82, 2.24) is 9.97 Å². The standard InChI is InChI=1S/C15H15F3N4O2/c1-2-3-7-6-21-5-4-8(7)10-12(24)11(23)9(14(20)22-10)13(19)15(16,17)18/h4-6,19,24H,2-3H2,1H3,(H3,20,22,23)/p+1. The highest BCUT2D eigenvalue weighted by Gasteiger charge is 2.44. The van der Waals surface area contributed by atoms with Gasteiger partial charge in [0.05, 0.1) is 5.69 Å². The highest BCUT2D eigenvalue weighted by atomic mass is 19.4. The predicted octanol–water partition coefficient (Wildman–Crippen LogP) is 0.788. The number of rotatable bonds is 4. The van der Waals surface area contributed by atoms with Gasteiger partial charge in [-0.15, -0.1) is 0 Å². The van der Waals surface area contributed by atoms with Gasteiger partial charge in [0.25, 0.3) is 5.71 Å². The molecule has 2 aromatic heterocycles. The van der Waals surface area contributed by atoms with Crippen LogP contribution >= 0.6 is 0 Å². The van der Waals surface area contributed by atoms with E-state index in [2.05, 4.69) is 9.97 Å². The summed E-state index contributed by atoms with van der Waals surface area (Å²) in [6.07, 6.45) is -0.586. The fraction of sp³-hybridized carbons (Fsp3) is 0.267. The van der Waals surface area contributed by atoms with Crippen LogP contribution in [0.2, 0.25) is 0 Å². The topological polar surface area (TPSA) is 118 Å². The number of nitrogen functional groups attached to an aromatic ring is 1. The molecule has 0 aromatic carbocycles. The predicted molar refractivity (Wildman–Crippen MR) is 82.5 cm³/mol. The van der Waals surface area contributed by atoms with Crippen molar-refractivity contribution >= 4 is 11.5 Å². The van der Waals surface area contributed by atoms with Crippen molar-refractivity contribution in [2.45, 2.75) is 25.9 Å². The van der Waals surface area contributed by atoms with Crippen LogP contribution in [0.3, 0.4) is 0 Å². The summed E-state index contributed by atoms with van der Waals surface area (Å²) >= 11 is 0. The number of nitrogens with zero attached hydrogens (tertiary/aromatic N) is 1. The van der Waals surface area contributed by atoms with Gasteiger partial charge in [0.2, 0.25) is 5.43 Å². The van der Waals surface area contributed by atoms with Crippen LogP contribution in [0.4, 0.5) is 19.0 Å². The maximum atomic E-state index is 12.8. The highest BCUT2D eigenvalue weighted by Crippen LogP contribution is 2.30. The number of pyridine rings is 2. The van der Waals surface area contributed by atoms with Crippen molar-refractivity contribution in [3.05, 3.63) is 39.8 Å². The van der Waals surface area contributed by atoms with E-state index in [9.17, 15) is 23.1 Å². The number of anilines is 1. The smallest absolute Gasteiger partial charge is 0.477 e. The van der Waals surface area contributed by atoms with E-state index < -0.39 is 34.4 Å². The van der Waals surface area contributed by atoms with Crippen LogP contribution in [0.5, 0.6) is 5.75 Å². The molecule has 0 unspecified atom stereocenters. The first kappa shape index (κ1) is 17.5. The van der Waals surface area contributed by atoms with Crippen molar-refractivity contribution in [1.29, 1.82) is 0 Å². The normalized spacial score (nSPS) is 11.5. The lowest BCUT2D eigenvalue weighted by atomic mass is 10.0. The lowest BCUT2D eigenvalue weighted by Crippen LogP contribution is -2.51. The molecule has 2 rings (SSSR count). The van der Waals surface area contributed by atoms with E-state index in [0.29, 0.717) is 17.5 Å². The molecule has 24 heavy (non-hydrogen) atoms. The fourth-order valence-corrected chi connectivity index (χ4v) is 2.35. The molecule has 0 radical (unpaired) electrons. The monoisotopic (exact) mass is 341 g/mol. The molecular formula is C15H16F3N4O2+. The molecule has 0 aliphatic heterocycles. The van der Waals surface area contributed by atoms with E-state index in [4.69, 9.17) is 11.1 Å². The number of H-pyrrole nitrogens is 1. The Labute approximate surface area is 134 Å². The van der Waals surface area contributed by atoms with Gasteiger partial charge in [0.15, 0.2) is 5.75 Å². The zero-order valence-corrected chi connectivity index (χ0v) is 12.7. The highest BCUT2D eigenvalue weighted by molar-refractivity contribution is 6.04. The van der Waals surface area contributed by atoms with E-state index in [1.807, 2.05) is 6.92 Å². The Balaban J connectivity index is 2.70. The number of hydrogen-bond donors (Lipinski definition) is 4. The second-order valence-corrected chi connectivity index (χ2v) is 5.16. The van der Waals surface area contributed by atoms with Gasteiger partial charge in [-0.25, -0.2) is 5.41 Å². The molecular weight excluding hydrogens is 325 g/mol. The van der Waals surface area contributed by atoms with Crippen molar-refractivity contribution in [2.24, 2.45) is 0 Å². The molecule has 0 spiro atoms. The molecule has 0 aliphatic carbocycles. The van der Waals surface area contributed by atoms with Crippen molar-refractivity contribution in [3.63, 3.8) is 0 Å². The summed E-state index contributed by atoms with van der Waals surface area (Å²) in [5.41, 5.74) is 2.72. The number of halogens is 3. The molecule has 0 bridgehead atoms. The second-order valence-electron chi connectivity index (χ2n) is 5.16. The van der Waals surface area contributed by atoms with Crippen LogP contribution in [-0.2, 0) is 6.42 Å². The van der Waals surface area contributed by atoms with Crippen molar-refractivity contribution in [2.75, 3.05) is 5.73 Å². The largest absolute Gasteiger partial charge is 0.503 e. The van der Waals surface area contributed by atoms with Gasteiger partial charge in [0.1, 0.15) is 11.4 Å². The molecule has 6 nitrogen and oxygen atoms in total. The average molecular weight is 341 g/mol. The van der Waals surface area contributed by atoms with Gasteiger partial charge in [-0.05, 0) is 18.1 Å². The molecule has 0 atom stereocenters. The molecule has 0 aliphatic rings. The molecule has 0 saturated heterocycles. The van der Waals surface area contributed by atoms with E-state index in [-0.39, 0.29) is 5.69 Å². The van der Waals surface area contributed by atoms with Gasteiger partial charge in [0, 0.05) is 18.0 Å². The third kappa shape index (κ3) is 3.10. The Morgan fingerprint density at radius 2 is 2.12 bits per heavy atom. The molecule has 0 amide bonds. The van der Waals surface area contributed by atoms with Crippen LogP contribution in [0, 0.1) is 0 Å². The summed E-state index contributed by atoms with van der Waals surface area (Å²) in [5, 5.41) is 15.1. The van der Waals surface area contributed by atoms with E-state index in [1.54, 1.807) is 6.20 Å². The Bertz CT molecular complexity index is 844. The molecule has 9 heteroatoms. The van der Waals surface area contributed by atoms with Gasteiger partial charge in [-0.1, -0.05) is 13.3 Å².